The number of aliphatic hydroxyl groups is 2. The van der Waals surface area contributed by atoms with Crippen LogP contribution in [0.4, 0.5) is 23.4 Å². The summed E-state index contributed by atoms with van der Waals surface area (Å²) in [7, 11) is 0. The molecule has 12 heteroatoms. The molecule has 3 heterocycles. The lowest BCUT2D eigenvalue weighted by atomic mass is 9.89. The molecule has 1 saturated carbocycles. The number of halogens is 4. The van der Waals surface area contributed by atoms with Crippen LogP contribution < -0.4 is 15.8 Å². The summed E-state index contributed by atoms with van der Waals surface area (Å²) in [6, 6.07) is 0.105. The molecule has 5 rings (SSSR count). The van der Waals surface area contributed by atoms with E-state index >= 15 is 0 Å². The zero-order chi connectivity index (χ0) is 24.3. The Morgan fingerprint density at radius 2 is 2.00 bits per heavy atom. The molecule has 3 aromatic rings. The maximum Gasteiger partial charge on any atom is 0.266 e. The van der Waals surface area contributed by atoms with Gasteiger partial charge in [-0.25, -0.2) is 27.5 Å². The quantitative estimate of drug-likeness (QED) is 0.423. The highest BCUT2D eigenvalue weighted by Gasteiger charge is 2.45. The van der Waals surface area contributed by atoms with Crippen molar-refractivity contribution in [3.63, 3.8) is 0 Å². The highest BCUT2D eigenvalue weighted by Crippen LogP contribution is 2.42. The number of nitrogens with zero attached hydrogens (tertiary/aromatic N) is 3. The first-order chi connectivity index (χ1) is 16.2. The van der Waals surface area contributed by atoms with E-state index < -0.39 is 48.0 Å². The molecule has 34 heavy (non-hydrogen) atoms. The Morgan fingerprint density at radius 1 is 1.24 bits per heavy atom. The summed E-state index contributed by atoms with van der Waals surface area (Å²) >= 11 is 0. The molecule has 0 amide bonds. The first-order valence-corrected chi connectivity index (χ1v) is 10.8. The Bertz CT molecular complexity index is 1250. The van der Waals surface area contributed by atoms with Crippen molar-refractivity contribution >= 4 is 16.9 Å². The van der Waals surface area contributed by atoms with Gasteiger partial charge in [-0.1, -0.05) is 6.92 Å². The van der Waals surface area contributed by atoms with Gasteiger partial charge in [0.05, 0.1) is 17.0 Å². The van der Waals surface area contributed by atoms with Gasteiger partial charge in [0.1, 0.15) is 47.7 Å². The zero-order valence-electron chi connectivity index (χ0n) is 18.1. The number of benzene rings is 1. The molecule has 0 spiro atoms. The number of ether oxygens (including phenoxy) is 1. The molecule has 1 aromatic carbocycles. The van der Waals surface area contributed by atoms with E-state index in [0.717, 1.165) is 18.6 Å². The first kappa shape index (κ1) is 22.8. The summed E-state index contributed by atoms with van der Waals surface area (Å²) in [5.74, 6) is -2.06. The number of rotatable bonds is 4. The van der Waals surface area contributed by atoms with Gasteiger partial charge in [0.15, 0.2) is 5.82 Å². The van der Waals surface area contributed by atoms with Crippen molar-refractivity contribution in [2.45, 2.75) is 56.6 Å². The molecule has 8 nitrogen and oxygen atoms in total. The summed E-state index contributed by atoms with van der Waals surface area (Å²) in [5.41, 5.74) is 5.65. The fourth-order valence-corrected chi connectivity index (χ4v) is 5.03. The number of hydrogen-bond acceptors (Lipinski definition) is 7. The van der Waals surface area contributed by atoms with Crippen LogP contribution in [0.3, 0.4) is 0 Å². The molecule has 1 fully saturated rings. The molecule has 182 valence electrons. The highest BCUT2D eigenvalue weighted by molar-refractivity contribution is 5.86. The number of alkyl halides is 2. The summed E-state index contributed by atoms with van der Waals surface area (Å²) in [6.07, 6.45) is -4.61. The van der Waals surface area contributed by atoms with E-state index in [2.05, 4.69) is 15.3 Å². The molecule has 1 aliphatic carbocycles. The van der Waals surface area contributed by atoms with Crippen LogP contribution >= 0.6 is 0 Å². The molecule has 2 aliphatic rings. The molecular formula is C22H23F4N5O3. The van der Waals surface area contributed by atoms with Crippen LogP contribution in [0, 0.1) is 11.6 Å². The van der Waals surface area contributed by atoms with Crippen molar-refractivity contribution in [1.82, 2.24) is 19.9 Å². The number of nitrogen functional groups attached to an aromatic ring is 1. The average molecular weight is 481 g/mol. The third-order valence-electron chi connectivity index (χ3n) is 6.71. The zero-order valence-corrected chi connectivity index (χ0v) is 18.1. The van der Waals surface area contributed by atoms with Crippen molar-refractivity contribution in [2.24, 2.45) is 0 Å². The molecule has 1 aliphatic heterocycles. The van der Waals surface area contributed by atoms with Gasteiger partial charge in [0.2, 0.25) is 0 Å². The lowest BCUT2D eigenvalue weighted by Crippen LogP contribution is -2.35. The van der Waals surface area contributed by atoms with Gasteiger partial charge in [-0.3, -0.25) is 0 Å². The van der Waals surface area contributed by atoms with Crippen molar-refractivity contribution < 1.29 is 32.5 Å². The van der Waals surface area contributed by atoms with Crippen molar-refractivity contribution in [1.29, 1.82) is 0 Å². The first-order valence-electron chi connectivity index (χ1n) is 10.8. The second kappa shape index (κ2) is 8.36. The summed E-state index contributed by atoms with van der Waals surface area (Å²) < 4.78 is 63.8. The predicted octanol–water partition coefficient (Wildman–Crippen LogP) is 2.55. The Kier molecular flexibility index (Phi) is 5.61. The van der Waals surface area contributed by atoms with Crippen molar-refractivity contribution in [2.75, 3.05) is 12.3 Å². The Morgan fingerprint density at radius 3 is 2.74 bits per heavy atom. The maximum atomic E-state index is 14.8. The number of nitrogens with one attached hydrogen (secondary N) is 1. The van der Waals surface area contributed by atoms with Crippen LogP contribution in [0.5, 0.6) is 5.75 Å². The Hall–Kier alpha value is -2.96. The van der Waals surface area contributed by atoms with Gasteiger partial charge in [-0.15, -0.1) is 0 Å². The monoisotopic (exact) mass is 481 g/mol. The van der Waals surface area contributed by atoms with Crippen LogP contribution in [0.2, 0.25) is 0 Å². The maximum absolute atomic E-state index is 14.8. The van der Waals surface area contributed by atoms with Crippen LogP contribution in [-0.4, -0.2) is 49.6 Å². The highest BCUT2D eigenvalue weighted by atomic mass is 19.3. The largest absolute Gasteiger partial charge is 0.487 e. The Labute approximate surface area is 191 Å². The molecule has 0 saturated heterocycles. The van der Waals surface area contributed by atoms with Gasteiger partial charge in [0, 0.05) is 36.8 Å². The fraction of sp³-hybridized carbons (Fsp3) is 0.455. The normalized spacial score (nSPS) is 26.9. The molecule has 5 atom stereocenters. The van der Waals surface area contributed by atoms with E-state index in [4.69, 9.17) is 10.5 Å². The Balaban J connectivity index is 1.51. The fourth-order valence-electron chi connectivity index (χ4n) is 5.03. The van der Waals surface area contributed by atoms with Crippen molar-refractivity contribution in [3.05, 3.63) is 46.9 Å². The van der Waals surface area contributed by atoms with Gasteiger partial charge in [-0.2, -0.15) is 0 Å². The molecule has 0 bridgehead atoms. The minimum atomic E-state index is -3.05. The smallest absolute Gasteiger partial charge is 0.266 e. The van der Waals surface area contributed by atoms with E-state index in [0.29, 0.717) is 12.1 Å². The molecular weight excluding hydrogens is 458 g/mol. The summed E-state index contributed by atoms with van der Waals surface area (Å²) in [5, 5.41) is 24.5. The lowest BCUT2D eigenvalue weighted by molar-refractivity contribution is -0.0168. The lowest BCUT2D eigenvalue weighted by Gasteiger charge is -2.29. The predicted molar refractivity (Wildman–Crippen MR) is 113 cm³/mol. The topological polar surface area (TPSA) is 118 Å². The van der Waals surface area contributed by atoms with Gasteiger partial charge in [-0.05, 0) is 12.0 Å². The molecule has 0 unspecified atom stereocenters. The van der Waals surface area contributed by atoms with E-state index in [1.807, 2.05) is 0 Å². The molecule has 5 N–H and O–H groups in total. The molecule has 2 aromatic heterocycles. The van der Waals surface area contributed by atoms with Gasteiger partial charge in [0.25, 0.3) is 6.43 Å². The summed E-state index contributed by atoms with van der Waals surface area (Å²) in [4.78, 5) is 7.82. The van der Waals surface area contributed by atoms with E-state index in [-0.39, 0.29) is 47.0 Å². The second-order valence-electron chi connectivity index (χ2n) is 8.79. The van der Waals surface area contributed by atoms with E-state index in [9.17, 15) is 27.8 Å². The van der Waals surface area contributed by atoms with E-state index in [1.54, 1.807) is 6.92 Å². The third-order valence-corrected chi connectivity index (χ3v) is 6.71. The number of aromatic nitrogens is 3. The van der Waals surface area contributed by atoms with Gasteiger partial charge >= 0.3 is 0 Å². The number of fused-ring (bicyclic) bond motifs is 2. The minimum absolute atomic E-state index is 0.00854. The van der Waals surface area contributed by atoms with Crippen LogP contribution in [-0.2, 0) is 6.54 Å². The number of anilines is 1. The van der Waals surface area contributed by atoms with Crippen molar-refractivity contribution in [3.8, 4) is 5.75 Å². The SMILES string of the molecule is C[C@H]1CNCc2c(O[C@H]3C[C@@H](n4cc(F)c5c(N)ncnc54)[C@H](O)[C@@H]3O)cc(C(F)F)c(F)c21. The van der Waals surface area contributed by atoms with Crippen LogP contribution in [0.15, 0.2) is 18.6 Å². The molecule has 0 radical (unpaired) electrons. The van der Waals surface area contributed by atoms with Crippen LogP contribution in [0.25, 0.3) is 11.0 Å². The average Bonchev–Trinajstić information content (AvgIpc) is 3.27. The van der Waals surface area contributed by atoms with Crippen LogP contribution in [0.1, 0.15) is 48.4 Å². The third kappa shape index (κ3) is 3.48. The second-order valence-corrected chi connectivity index (χ2v) is 8.79. The number of aliphatic hydroxyl groups excluding tert-OH is 2. The standard InChI is InChI=1S/C22H23F4N5O3/c1-8-4-28-5-10-13(2-9(20(25)26)17(24)15(8)10)34-14-3-12(18(32)19(14)33)31-6-11(23)16-21(27)29-7-30-22(16)31/h2,6-8,12,14,18-20,28,32-33H,3-5H2,1H3,(H2,27,29,30)/t8-,12+,14-,18-,19+/m0/s1. The van der Waals surface area contributed by atoms with E-state index in [1.165, 1.54) is 4.57 Å². The summed E-state index contributed by atoms with van der Waals surface area (Å²) in [6.45, 7) is 2.34. The number of nitrogens with two attached hydrogens (primary N) is 1. The minimum Gasteiger partial charge on any atom is -0.487 e. The van der Waals surface area contributed by atoms with Gasteiger partial charge < -0.3 is 30.6 Å². The number of hydrogen-bond donors (Lipinski definition) is 4.